The predicted octanol–water partition coefficient (Wildman–Crippen LogP) is 1.86. The third-order valence-corrected chi connectivity index (χ3v) is 2.96. The van der Waals surface area contributed by atoms with Gasteiger partial charge in [-0.25, -0.2) is 4.90 Å². The minimum Gasteiger partial charge on any atom is -0.305 e. The van der Waals surface area contributed by atoms with Crippen molar-refractivity contribution in [3.63, 3.8) is 0 Å². The first-order valence-corrected chi connectivity index (χ1v) is 6.10. The SMILES string of the molecule is O=C1CC(NCCC(F)(F)F)C(=O)N1c1ccccc1. The van der Waals surface area contributed by atoms with Crippen LogP contribution in [0.3, 0.4) is 0 Å². The maximum atomic E-state index is 12.0. The topological polar surface area (TPSA) is 49.4 Å². The molecule has 1 atom stereocenters. The monoisotopic (exact) mass is 286 g/mol. The molecule has 0 aromatic heterocycles. The summed E-state index contributed by atoms with van der Waals surface area (Å²) in [7, 11) is 0. The second-order valence-corrected chi connectivity index (χ2v) is 4.48. The molecular formula is C13H13F3N2O2. The summed E-state index contributed by atoms with van der Waals surface area (Å²) in [6, 6.07) is 7.43. The molecule has 0 aliphatic carbocycles. The van der Waals surface area contributed by atoms with Gasteiger partial charge in [0.25, 0.3) is 5.91 Å². The van der Waals surface area contributed by atoms with Gasteiger partial charge in [-0.2, -0.15) is 13.2 Å². The Bertz CT molecular complexity index is 502. The highest BCUT2D eigenvalue weighted by atomic mass is 19.4. The Morgan fingerprint density at radius 1 is 1.20 bits per heavy atom. The van der Waals surface area contributed by atoms with E-state index >= 15 is 0 Å². The third kappa shape index (κ3) is 3.36. The number of para-hydroxylation sites is 1. The Hall–Kier alpha value is -1.89. The number of carbonyl (C=O) groups is 2. The molecule has 0 bridgehead atoms. The number of alkyl halides is 3. The highest BCUT2D eigenvalue weighted by Gasteiger charge is 2.39. The molecule has 1 aromatic rings. The zero-order valence-corrected chi connectivity index (χ0v) is 10.5. The van der Waals surface area contributed by atoms with Crippen LogP contribution >= 0.6 is 0 Å². The quantitative estimate of drug-likeness (QED) is 0.860. The summed E-state index contributed by atoms with van der Waals surface area (Å²) in [5.41, 5.74) is 0.433. The molecule has 0 spiro atoms. The number of rotatable bonds is 4. The first-order valence-electron chi connectivity index (χ1n) is 6.10. The summed E-state index contributed by atoms with van der Waals surface area (Å²) >= 11 is 0. The van der Waals surface area contributed by atoms with E-state index in [4.69, 9.17) is 0 Å². The summed E-state index contributed by atoms with van der Waals surface area (Å²) in [4.78, 5) is 24.8. The number of anilines is 1. The van der Waals surface area contributed by atoms with Gasteiger partial charge in [0.15, 0.2) is 0 Å². The predicted molar refractivity (Wildman–Crippen MR) is 66.0 cm³/mol. The molecule has 1 heterocycles. The van der Waals surface area contributed by atoms with Crippen LogP contribution in [0.4, 0.5) is 18.9 Å². The van der Waals surface area contributed by atoms with E-state index in [1.165, 1.54) is 0 Å². The Morgan fingerprint density at radius 2 is 1.85 bits per heavy atom. The van der Waals surface area contributed by atoms with Crippen molar-refractivity contribution >= 4 is 17.5 Å². The highest BCUT2D eigenvalue weighted by molar-refractivity contribution is 6.22. The molecule has 108 valence electrons. The van der Waals surface area contributed by atoms with Gasteiger partial charge in [0.05, 0.1) is 24.6 Å². The van der Waals surface area contributed by atoms with E-state index < -0.39 is 30.5 Å². The smallest absolute Gasteiger partial charge is 0.305 e. The lowest BCUT2D eigenvalue weighted by Gasteiger charge is -2.15. The minimum absolute atomic E-state index is 0.119. The first-order chi connectivity index (χ1) is 9.38. The highest BCUT2D eigenvalue weighted by Crippen LogP contribution is 2.23. The van der Waals surface area contributed by atoms with Gasteiger partial charge < -0.3 is 5.32 Å². The second-order valence-electron chi connectivity index (χ2n) is 4.48. The zero-order chi connectivity index (χ0) is 14.8. The summed E-state index contributed by atoms with van der Waals surface area (Å²) in [6.07, 6.45) is -5.43. The molecular weight excluding hydrogens is 273 g/mol. The maximum Gasteiger partial charge on any atom is 0.390 e. The number of benzene rings is 1. The molecule has 1 unspecified atom stereocenters. The number of carbonyl (C=O) groups excluding carboxylic acids is 2. The van der Waals surface area contributed by atoms with Crippen molar-refractivity contribution in [3.8, 4) is 0 Å². The number of hydrogen-bond acceptors (Lipinski definition) is 3. The number of nitrogens with zero attached hydrogens (tertiary/aromatic N) is 1. The number of hydrogen-bond donors (Lipinski definition) is 1. The summed E-state index contributed by atoms with van der Waals surface area (Å²) in [6.45, 7) is -0.379. The lowest BCUT2D eigenvalue weighted by molar-refractivity contribution is -0.134. The Morgan fingerprint density at radius 3 is 2.45 bits per heavy atom. The van der Waals surface area contributed by atoms with Crippen LogP contribution in [0.25, 0.3) is 0 Å². The Labute approximate surface area is 113 Å². The number of nitrogens with one attached hydrogen (secondary N) is 1. The van der Waals surface area contributed by atoms with Crippen LogP contribution in [0, 0.1) is 0 Å². The molecule has 7 heteroatoms. The molecule has 1 aliphatic rings. The summed E-state index contributed by atoms with van der Waals surface area (Å²) < 4.78 is 36.1. The average molecular weight is 286 g/mol. The van der Waals surface area contributed by atoms with Crippen molar-refractivity contribution in [2.45, 2.75) is 25.1 Å². The van der Waals surface area contributed by atoms with Gasteiger partial charge in [-0.15, -0.1) is 0 Å². The van der Waals surface area contributed by atoms with Crippen LogP contribution < -0.4 is 10.2 Å². The fourth-order valence-corrected chi connectivity index (χ4v) is 2.03. The van der Waals surface area contributed by atoms with E-state index in [0.29, 0.717) is 5.69 Å². The van der Waals surface area contributed by atoms with Crippen LogP contribution in [-0.2, 0) is 9.59 Å². The molecule has 2 amide bonds. The molecule has 0 saturated carbocycles. The van der Waals surface area contributed by atoms with Crippen molar-refractivity contribution in [1.82, 2.24) is 5.32 Å². The lowest BCUT2D eigenvalue weighted by Crippen LogP contribution is -2.40. The van der Waals surface area contributed by atoms with Crippen molar-refractivity contribution in [2.75, 3.05) is 11.4 Å². The minimum atomic E-state index is -4.28. The van der Waals surface area contributed by atoms with Crippen LogP contribution in [-0.4, -0.2) is 30.6 Å². The normalized spacial score (nSPS) is 19.8. The molecule has 2 rings (SSSR count). The molecule has 1 N–H and O–H groups in total. The standard InChI is InChI=1S/C13H13F3N2O2/c14-13(15,16)6-7-17-10-8-11(19)18(12(10)20)9-4-2-1-3-5-9/h1-5,10,17H,6-8H2. The van der Waals surface area contributed by atoms with Gasteiger partial charge in [-0.1, -0.05) is 18.2 Å². The number of imide groups is 1. The molecule has 20 heavy (non-hydrogen) atoms. The van der Waals surface area contributed by atoms with Crippen LogP contribution in [0.5, 0.6) is 0 Å². The summed E-state index contributed by atoms with van der Waals surface area (Å²) in [5, 5.41) is 2.49. The largest absolute Gasteiger partial charge is 0.390 e. The van der Waals surface area contributed by atoms with Gasteiger partial charge in [-0.3, -0.25) is 9.59 Å². The third-order valence-electron chi connectivity index (χ3n) is 2.96. The fraction of sp³-hybridized carbons (Fsp3) is 0.385. The van der Waals surface area contributed by atoms with Gasteiger partial charge in [-0.05, 0) is 12.1 Å². The number of halogens is 3. The lowest BCUT2D eigenvalue weighted by atomic mass is 10.2. The van der Waals surface area contributed by atoms with Crippen molar-refractivity contribution < 1.29 is 22.8 Å². The van der Waals surface area contributed by atoms with E-state index in [0.717, 1.165) is 4.90 Å². The van der Waals surface area contributed by atoms with E-state index in [-0.39, 0.29) is 13.0 Å². The molecule has 1 fully saturated rings. The zero-order valence-electron chi connectivity index (χ0n) is 10.5. The molecule has 1 aromatic carbocycles. The van der Waals surface area contributed by atoms with Crippen LogP contribution in [0.2, 0.25) is 0 Å². The van der Waals surface area contributed by atoms with Crippen molar-refractivity contribution in [1.29, 1.82) is 0 Å². The average Bonchev–Trinajstić information content (AvgIpc) is 2.64. The van der Waals surface area contributed by atoms with Gasteiger partial charge >= 0.3 is 6.18 Å². The fourth-order valence-electron chi connectivity index (χ4n) is 2.03. The molecule has 0 radical (unpaired) electrons. The molecule has 1 saturated heterocycles. The van der Waals surface area contributed by atoms with Gasteiger partial charge in [0.1, 0.15) is 0 Å². The maximum absolute atomic E-state index is 12.0. The van der Waals surface area contributed by atoms with E-state index in [9.17, 15) is 22.8 Å². The number of amides is 2. The van der Waals surface area contributed by atoms with Crippen LogP contribution in [0.1, 0.15) is 12.8 Å². The summed E-state index contributed by atoms with van der Waals surface area (Å²) in [5.74, 6) is -0.922. The van der Waals surface area contributed by atoms with Crippen LogP contribution in [0.15, 0.2) is 30.3 Å². The van der Waals surface area contributed by atoms with Gasteiger partial charge in [0.2, 0.25) is 5.91 Å². The first kappa shape index (κ1) is 14.5. The Kier molecular flexibility index (Phi) is 4.08. The van der Waals surface area contributed by atoms with E-state index in [1.54, 1.807) is 30.3 Å². The van der Waals surface area contributed by atoms with Gasteiger partial charge in [0, 0.05) is 6.54 Å². The molecule has 1 aliphatic heterocycles. The molecule has 4 nitrogen and oxygen atoms in total. The van der Waals surface area contributed by atoms with Crippen molar-refractivity contribution in [3.05, 3.63) is 30.3 Å². The van der Waals surface area contributed by atoms with Crippen molar-refractivity contribution in [2.24, 2.45) is 0 Å². The Balaban J connectivity index is 1.99. The second kappa shape index (κ2) is 5.62. The van der Waals surface area contributed by atoms with E-state index in [2.05, 4.69) is 5.32 Å². The van der Waals surface area contributed by atoms with E-state index in [1.807, 2.05) is 0 Å².